The van der Waals surface area contributed by atoms with E-state index in [1.54, 1.807) is 16.7 Å². The third-order valence-electron chi connectivity index (χ3n) is 9.10. The molecule has 3 atom stereocenters. The molecule has 2 saturated carbocycles. The van der Waals surface area contributed by atoms with E-state index in [9.17, 15) is 9.59 Å². The summed E-state index contributed by atoms with van der Waals surface area (Å²) >= 11 is 0. The first-order chi connectivity index (χ1) is 18.5. The highest BCUT2D eigenvalue weighted by Crippen LogP contribution is 2.54. The normalized spacial score (nSPS) is 23.6. The number of likely N-dealkylation sites (tertiary alicyclic amines) is 1. The molecule has 0 bridgehead atoms. The second-order valence-corrected chi connectivity index (χ2v) is 11.7. The molecule has 1 saturated heterocycles. The Kier molecular flexibility index (Phi) is 4.76. The number of aromatic nitrogens is 3. The lowest BCUT2D eigenvalue weighted by atomic mass is 10.0. The van der Waals surface area contributed by atoms with E-state index < -0.39 is 0 Å². The van der Waals surface area contributed by atoms with Gasteiger partial charge in [0.1, 0.15) is 11.6 Å². The zero-order chi connectivity index (χ0) is 25.5. The fourth-order valence-electron chi connectivity index (χ4n) is 6.72. The average molecular weight is 509 g/mol. The molecule has 1 aliphatic heterocycles. The van der Waals surface area contributed by atoms with Gasteiger partial charge >= 0.3 is 0 Å². The minimum atomic E-state index is -0.380. The average Bonchev–Trinajstić information content (AvgIpc) is 3.76. The van der Waals surface area contributed by atoms with E-state index >= 15 is 4.39 Å². The zero-order valence-electron chi connectivity index (χ0n) is 21.1. The SMILES string of the molecule is O=C(C1CC1)N1CC[C@@H](Cn2c(-c3ccc(-c4ccc5cc[nH]c5c4)cc3F)nc3c(c2=O)C2CC2C3)C1. The number of fused-ring (bicyclic) bond motifs is 4. The molecule has 6 nitrogen and oxygen atoms in total. The van der Waals surface area contributed by atoms with Crippen LogP contribution in [0.5, 0.6) is 0 Å². The van der Waals surface area contributed by atoms with E-state index in [0.717, 1.165) is 71.9 Å². The standard InChI is InChI=1S/C31H29FN4O2/c32-25-12-20(21-4-1-18-7-9-33-26(18)13-21)5-6-23(25)29-34-27-14-22-11-24(22)28(27)31(38)36(29)16-17-8-10-35(15-17)30(37)19-2-3-19/h1,4-7,9,12-13,17,19,22,24,33H,2-3,8,10-11,14-16H2/t17-,22?,24?/m1/s1. The van der Waals surface area contributed by atoms with E-state index in [2.05, 4.69) is 4.98 Å². The molecule has 192 valence electrons. The number of amides is 1. The van der Waals surface area contributed by atoms with Crippen LogP contribution in [0.1, 0.15) is 42.9 Å². The van der Waals surface area contributed by atoms with Gasteiger partial charge in [-0.1, -0.05) is 18.2 Å². The molecular weight excluding hydrogens is 479 g/mol. The predicted molar refractivity (Wildman–Crippen MR) is 143 cm³/mol. The van der Waals surface area contributed by atoms with Gasteiger partial charge in [0.25, 0.3) is 5.56 Å². The number of carbonyl (C=O) groups excluding carboxylic acids is 1. The molecule has 1 N–H and O–H groups in total. The molecule has 7 heteroatoms. The Morgan fingerprint density at radius 2 is 1.92 bits per heavy atom. The molecule has 38 heavy (non-hydrogen) atoms. The van der Waals surface area contributed by atoms with Crippen molar-refractivity contribution < 1.29 is 9.18 Å². The van der Waals surface area contributed by atoms with Gasteiger partial charge < -0.3 is 9.88 Å². The number of nitrogens with one attached hydrogen (secondary N) is 1. The second-order valence-electron chi connectivity index (χ2n) is 11.7. The van der Waals surface area contributed by atoms with Gasteiger partial charge in [-0.3, -0.25) is 14.2 Å². The summed E-state index contributed by atoms with van der Waals surface area (Å²) in [7, 11) is 0. The Morgan fingerprint density at radius 1 is 1.08 bits per heavy atom. The monoisotopic (exact) mass is 508 g/mol. The Balaban J connectivity index is 1.16. The lowest BCUT2D eigenvalue weighted by molar-refractivity contribution is -0.131. The number of nitrogens with zero attached hydrogens (tertiary/aromatic N) is 3. The molecule has 0 spiro atoms. The molecule has 2 aromatic heterocycles. The molecule has 8 rings (SSSR count). The van der Waals surface area contributed by atoms with E-state index in [0.29, 0.717) is 36.3 Å². The largest absolute Gasteiger partial charge is 0.361 e. The van der Waals surface area contributed by atoms with E-state index in [1.165, 1.54) is 0 Å². The van der Waals surface area contributed by atoms with Gasteiger partial charge in [-0.2, -0.15) is 0 Å². The molecule has 0 radical (unpaired) electrons. The van der Waals surface area contributed by atoms with Gasteiger partial charge in [0.15, 0.2) is 0 Å². The van der Waals surface area contributed by atoms with Gasteiger partial charge in [0, 0.05) is 42.8 Å². The van der Waals surface area contributed by atoms with Crippen LogP contribution in [0, 0.1) is 23.6 Å². The number of rotatable bonds is 5. The van der Waals surface area contributed by atoms with Crippen molar-refractivity contribution in [2.24, 2.45) is 17.8 Å². The molecule has 3 heterocycles. The zero-order valence-corrected chi connectivity index (χ0v) is 21.1. The molecule has 1 amide bonds. The fourth-order valence-corrected chi connectivity index (χ4v) is 6.72. The van der Waals surface area contributed by atoms with Crippen LogP contribution in [-0.2, 0) is 17.8 Å². The van der Waals surface area contributed by atoms with Gasteiger partial charge in [-0.25, -0.2) is 9.37 Å². The minimum Gasteiger partial charge on any atom is -0.361 e. The van der Waals surface area contributed by atoms with Crippen molar-refractivity contribution in [3.63, 3.8) is 0 Å². The first-order valence-corrected chi connectivity index (χ1v) is 13.8. The van der Waals surface area contributed by atoms with Gasteiger partial charge in [0.05, 0.1) is 11.3 Å². The number of H-pyrrole nitrogens is 1. The van der Waals surface area contributed by atoms with Crippen molar-refractivity contribution in [2.75, 3.05) is 13.1 Å². The van der Waals surface area contributed by atoms with Crippen LogP contribution in [0.25, 0.3) is 33.4 Å². The first kappa shape index (κ1) is 22.3. The van der Waals surface area contributed by atoms with Crippen LogP contribution in [0.15, 0.2) is 53.5 Å². The summed E-state index contributed by atoms with van der Waals surface area (Å²) in [5, 5.41) is 1.11. The quantitative estimate of drug-likeness (QED) is 0.407. The number of benzene rings is 2. The minimum absolute atomic E-state index is 0.0114. The fraction of sp³-hybridized carbons (Fsp3) is 0.387. The van der Waals surface area contributed by atoms with Crippen molar-refractivity contribution in [3.8, 4) is 22.5 Å². The number of halogens is 1. The van der Waals surface area contributed by atoms with E-state index in [-0.39, 0.29) is 29.1 Å². The van der Waals surface area contributed by atoms with Crippen molar-refractivity contribution in [1.82, 2.24) is 19.4 Å². The van der Waals surface area contributed by atoms with Gasteiger partial charge in [-0.15, -0.1) is 0 Å². The lowest BCUT2D eigenvalue weighted by Crippen LogP contribution is -2.33. The third-order valence-corrected chi connectivity index (χ3v) is 9.10. The molecule has 2 unspecified atom stereocenters. The summed E-state index contributed by atoms with van der Waals surface area (Å²) < 4.78 is 17.5. The summed E-state index contributed by atoms with van der Waals surface area (Å²) in [5.74, 6) is 1.50. The highest BCUT2D eigenvalue weighted by molar-refractivity contribution is 5.85. The van der Waals surface area contributed by atoms with Crippen LogP contribution in [0.3, 0.4) is 0 Å². The maximum atomic E-state index is 15.8. The summed E-state index contributed by atoms with van der Waals surface area (Å²) in [4.78, 5) is 36.5. The number of hydrogen-bond acceptors (Lipinski definition) is 3. The maximum absolute atomic E-state index is 15.8. The van der Waals surface area contributed by atoms with Gasteiger partial charge in [0.2, 0.25) is 5.91 Å². The van der Waals surface area contributed by atoms with Crippen LogP contribution in [-0.4, -0.2) is 38.4 Å². The second kappa shape index (κ2) is 8.13. The summed E-state index contributed by atoms with van der Waals surface area (Å²) in [6, 6.07) is 13.3. The summed E-state index contributed by atoms with van der Waals surface area (Å²) in [6.07, 6.45) is 6.61. The highest BCUT2D eigenvalue weighted by atomic mass is 19.1. The highest BCUT2D eigenvalue weighted by Gasteiger charge is 2.48. The molecule has 4 aromatic rings. The summed E-state index contributed by atoms with van der Waals surface area (Å²) in [6.45, 7) is 1.86. The Bertz CT molecular complexity index is 1680. The smallest absolute Gasteiger partial charge is 0.257 e. The van der Waals surface area contributed by atoms with Crippen LogP contribution in [0.2, 0.25) is 0 Å². The number of hydrogen-bond donors (Lipinski definition) is 1. The van der Waals surface area contributed by atoms with Crippen molar-refractivity contribution >= 4 is 16.8 Å². The Morgan fingerprint density at radius 3 is 2.76 bits per heavy atom. The lowest BCUT2D eigenvalue weighted by Gasteiger charge is -2.20. The first-order valence-electron chi connectivity index (χ1n) is 13.8. The molecule has 2 aromatic carbocycles. The molecule has 3 aliphatic carbocycles. The van der Waals surface area contributed by atoms with Crippen LogP contribution in [0.4, 0.5) is 4.39 Å². The maximum Gasteiger partial charge on any atom is 0.257 e. The molecule has 4 aliphatic rings. The van der Waals surface area contributed by atoms with Gasteiger partial charge in [-0.05, 0) is 90.6 Å². The Hall–Kier alpha value is -3.74. The van der Waals surface area contributed by atoms with E-state index in [4.69, 9.17) is 4.98 Å². The van der Waals surface area contributed by atoms with E-state index in [1.807, 2.05) is 41.4 Å². The topological polar surface area (TPSA) is 71.0 Å². The Labute approximate surface area is 219 Å². The van der Waals surface area contributed by atoms with Crippen molar-refractivity contribution in [2.45, 2.75) is 44.6 Å². The van der Waals surface area contributed by atoms with Crippen molar-refractivity contribution in [3.05, 3.63) is 76.1 Å². The number of aromatic amines is 1. The van der Waals surface area contributed by atoms with Crippen LogP contribution < -0.4 is 5.56 Å². The molecule has 3 fully saturated rings. The predicted octanol–water partition coefficient (Wildman–Crippen LogP) is 5.12. The molecular formula is C31H29FN4O2. The summed E-state index contributed by atoms with van der Waals surface area (Å²) in [5.41, 5.74) is 4.76. The van der Waals surface area contributed by atoms with Crippen molar-refractivity contribution in [1.29, 1.82) is 0 Å². The number of carbonyl (C=O) groups is 1. The van der Waals surface area contributed by atoms with Crippen LogP contribution >= 0.6 is 0 Å². The third kappa shape index (κ3) is 3.55.